The number of nitrogens with two attached hydrogens (primary N) is 1. The van der Waals surface area contributed by atoms with E-state index in [0.717, 1.165) is 0 Å². The largest absolute Gasteiger partial charge is 0.368 e. The average molecular weight is 322 g/mol. The molecule has 1 aliphatic carbocycles. The Balaban J connectivity index is 1.89. The van der Waals surface area contributed by atoms with Gasteiger partial charge in [-0.05, 0) is 31.7 Å². The second-order valence-electron chi connectivity index (χ2n) is 6.77. The lowest BCUT2D eigenvalue weighted by molar-refractivity contribution is -0.143. The van der Waals surface area contributed by atoms with E-state index in [9.17, 15) is 19.2 Å². The van der Waals surface area contributed by atoms with Crippen LogP contribution in [0.3, 0.4) is 0 Å². The fourth-order valence-corrected chi connectivity index (χ4v) is 4.43. The normalized spacial score (nSPS) is 36.0. The van der Waals surface area contributed by atoms with Gasteiger partial charge in [0.1, 0.15) is 0 Å². The average Bonchev–Trinajstić information content (AvgIpc) is 2.89. The predicted molar refractivity (Wildman–Crippen MR) is 79.8 cm³/mol. The number of carbonyl (C=O) groups excluding carboxylic acids is 4. The van der Waals surface area contributed by atoms with Gasteiger partial charge in [-0.15, -0.1) is 0 Å². The third-order valence-corrected chi connectivity index (χ3v) is 5.69. The van der Waals surface area contributed by atoms with Crippen LogP contribution in [0.4, 0.5) is 0 Å². The van der Waals surface area contributed by atoms with E-state index >= 15 is 0 Å². The van der Waals surface area contributed by atoms with E-state index in [0.29, 0.717) is 32.4 Å². The van der Waals surface area contributed by atoms with Gasteiger partial charge in [-0.1, -0.05) is 0 Å². The van der Waals surface area contributed by atoms with Crippen LogP contribution >= 0.6 is 0 Å². The molecule has 0 aromatic rings. The number of nitrogens with one attached hydrogen (secondary N) is 3. The van der Waals surface area contributed by atoms with Gasteiger partial charge in [0, 0.05) is 30.8 Å². The van der Waals surface area contributed by atoms with Gasteiger partial charge < -0.3 is 21.7 Å². The molecule has 3 fully saturated rings. The third-order valence-electron chi connectivity index (χ3n) is 5.69. The van der Waals surface area contributed by atoms with Crippen LogP contribution in [-0.4, -0.2) is 49.7 Å². The number of amides is 3. The van der Waals surface area contributed by atoms with Crippen molar-refractivity contribution in [3.8, 4) is 0 Å². The maximum absolute atomic E-state index is 12.6. The Bertz CT molecular complexity index is 578. The monoisotopic (exact) mass is 322 g/mol. The molecule has 1 saturated carbocycles. The minimum Gasteiger partial charge on any atom is -0.368 e. The number of likely N-dealkylation sites (N-methyl/N-ethyl adjacent to an activating group) is 1. The fraction of sp³-hybridized carbons (Fsp3) is 0.733. The van der Waals surface area contributed by atoms with Crippen LogP contribution in [0.1, 0.15) is 19.3 Å². The van der Waals surface area contributed by atoms with Crippen LogP contribution in [0, 0.1) is 23.2 Å². The Labute approximate surface area is 133 Å². The second-order valence-corrected chi connectivity index (χ2v) is 6.77. The zero-order valence-corrected chi connectivity index (χ0v) is 13.1. The molecule has 8 nitrogen and oxygen atoms in total. The van der Waals surface area contributed by atoms with E-state index in [1.165, 1.54) is 7.05 Å². The molecule has 3 aliphatic rings. The molecule has 0 aromatic heterocycles. The highest BCUT2D eigenvalue weighted by Crippen LogP contribution is 2.64. The van der Waals surface area contributed by atoms with Gasteiger partial charge in [-0.2, -0.15) is 0 Å². The van der Waals surface area contributed by atoms with Crippen molar-refractivity contribution in [1.82, 2.24) is 16.0 Å². The molecule has 2 heterocycles. The summed E-state index contributed by atoms with van der Waals surface area (Å²) in [7, 11) is 1.40. The van der Waals surface area contributed by atoms with E-state index in [4.69, 9.17) is 5.73 Å². The molecule has 3 rings (SSSR count). The van der Waals surface area contributed by atoms with Crippen LogP contribution in [0.2, 0.25) is 0 Å². The number of hydrogen-bond acceptors (Lipinski definition) is 5. The van der Waals surface area contributed by atoms with Crippen LogP contribution in [0.25, 0.3) is 0 Å². The molecule has 0 radical (unpaired) electrons. The Morgan fingerprint density at radius 2 is 2.17 bits per heavy atom. The standard InChI is InChI=1S/C15H22N4O4/c1-17-14(23)10(20)9(4-7-2-3-18-13(7)22)15-5-8(15)6-19-11(15)12(16)21/h7-9,11,19H,2-6H2,1H3,(H2,16,21)(H,17,23)(H,18,22)/t7-,8?,9-,11?,15?/m1/s1. The smallest absolute Gasteiger partial charge is 0.287 e. The van der Waals surface area contributed by atoms with Gasteiger partial charge in [0.05, 0.1) is 6.04 Å². The molecular formula is C15H22N4O4. The third kappa shape index (κ3) is 2.41. The highest BCUT2D eigenvalue weighted by molar-refractivity contribution is 6.37. The summed E-state index contributed by atoms with van der Waals surface area (Å²) in [5.41, 5.74) is 4.88. The van der Waals surface area contributed by atoms with Crippen molar-refractivity contribution >= 4 is 23.5 Å². The first-order valence-corrected chi connectivity index (χ1v) is 7.98. The van der Waals surface area contributed by atoms with Crippen molar-refractivity contribution in [2.45, 2.75) is 25.3 Å². The molecule has 8 heteroatoms. The number of rotatable bonds is 6. The lowest BCUT2D eigenvalue weighted by Crippen LogP contribution is -2.50. The molecule has 2 aliphatic heterocycles. The molecule has 0 aromatic carbocycles. The molecule has 2 saturated heterocycles. The molecule has 5 atom stereocenters. The number of piperidine rings is 1. The number of carbonyl (C=O) groups is 4. The minimum atomic E-state index is -0.677. The lowest BCUT2D eigenvalue weighted by atomic mass is 9.74. The maximum atomic E-state index is 12.6. The number of ketones is 1. The van der Waals surface area contributed by atoms with Crippen molar-refractivity contribution in [2.24, 2.45) is 28.9 Å². The van der Waals surface area contributed by atoms with Gasteiger partial charge in [0.2, 0.25) is 17.6 Å². The highest BCUT2D eigenvalue weighted by Gasteiger charge is 2.70. The van der Waals surface area contributed by atoms with Crippen molar-refractivity contribution in [2.75, 3.05) is 20.1 Å². The number of fused-ring (bicyclic) bond motifs is 1. The predicted octanol–water partition coefficient (Wildman–Crippen LogP) is -2.09. The molecule has 126 valence electrons. The summed E-state index contributed by atoms with van der Waals surface area (Å²) in [5.74, 6) is -2.62. The first-order valence-electron chi connectivity index (χ1n) is 7.98. The van der Waals surface area contributed by atoms with Gasteiger partial charge >= 0.3 is 0 Å². The van der Waals surface area contributed by atoms with Gasteiger partial charge in [-0.3, -0.25) is 19.2 Å². The first-order chi connectivity index (χ1) is 10.9. The van der Waals surface area contributed by atoms with Crippen LogP contribution in [0.5, 0.6) is 0 Å². The Morgan fingerprint density at radius 3 is 2.70 bits per heavy atom. The van der Waals surface area contributed by atoms with Crippen molar-refractivity contribution in [3.05, 3.63) is 0 Å². The van der Waals surface area contributed by atoms with Crippen LogP contribution in [0.15, 0.2) is 0 Å². The SMILES string of the molecule is CNC(=O)C(=O)[C@@H](C[C@H]1CCNC1=O)C12CC1CNC2C(N)=O. The summed E-state index contributed by atoms with van der Waals surface area (Å²) < 4.78 is 0. The molecule has 3 amide bonds. The van der Waals surface area contributed by atoms with E-state index < -0.39 is 35.0 Å². The van der Waals surface area contributed by atoms with Crippen LogP contribution < -0.4 is 21.7 Å². The molecule has 23 heavy (non-hydrogen) atoms. The quantitative estimate of drug-likeness (QED) is 0.416. The van der Waals surface area contributed by atoms with Gasteiger partial charge in [-0.25, -0.2) is 0 Å². The van der Waals surface area contributed by atoms with Crippen molar-refractivity contribution in [3.63, 3.8) is 0 Å². The summed E-state index contributed by atoms with van der Waals surface area (Å²) in [6.45, 7) is 1.19. The number of hydrogen-bond donors (Lipinski definition) is 4. The summed E-state index contributed by atoms with van der Waals surface area (Å²) in [6.07, 6.45) is 1.63. The van der Waals surface area contributed by atoms with Crippen LogP contribution in [-0.2, 0) is 19.2 Å². The summed E-state index contributed by atoms with van der Waals surface area (Å²) in [4.78, 5) is 48.2. The molecule has 3 unspecified atom stereocenters. The zero-order valence-electron chi connectivity index (χ0n) is 13.1. The summed E-state index contributed by atoms with van der Waals surface area (Å²) in [5, 5.41) is 8.17. The minimum absolute atomic E-state index is 0.0881. The topological polar surface area (TPSA) is 130 Å². The highest BCUT2D eigenvalue weighted by atomic mass is 16.2. The molecule has 0 bridgehead atoms. The number of primary amides is 1. The zero-order chi connectivity index (χ0) is 16.8. The van der Waals surface area contributed by atoms with E-state index in [-0.39, 0.29) is 17.7 Å². The maximum Gasteiger partial charge on any atom is 0.287 e. The van der Waals surface area contributed by atoms with Gasteiger partial charge in [0.25, 0.3) is 5.91 Å². The Hall–Kier alpha value is -1.96. The fourth-order valence-electron chi connectivity index (χ4n) is 4.43. The van der Waals surface area contributed by atoms with Crippen molar-refractivity contribution < 1.29 is 19.2 Å². The molecule has 0 spiro atoms. The lowest BCUT2D eigenvalue weighted by Gasteiger charge is -2.30. The summed E-state index contributed by atoms with van der Waals surface area (Å²) in [6, 6.07) is -0.615. The first kappa shape index (κ1) is 15.9. The van der Waals surface area contributed by atoms with Gasteiger partial charge in [0.15, 0.2) is 0 Å². The van der Waals surface area contributed by atoms with E-state index in [1.54, 1.807) is 0 Å². The molecular weight excluding hydrogens is 300 g/mol. The Morgan fingerprint density at radius 1 is 1.43 bits per heavy atom. The Kier molecular flexibility index (Phi) is 3.87. The second kappa shape index (κ2) is 5.59. The van der Waals surface area contributed by atoms with E-state index in [2.05, 4.69) is 16.0 Å². The summed E-state index contributed by atoms with van der Waals surface area (Å²) >= 11 is 0. The van der Waals surface area contributed by atoms with E-state index in [1.807, 2.05) is 0 Å². The number of Topliss-reactive ketones (excluding diaryl/α,β-unsaturated/α-hetero) is 1. The van der Waals surface area contributed by atoms with Crippen molar-refractivity contribution in [1.29, 1.82) is 0 Å². The molecule has 5 N–H and O–H groups in total.